The average molecular weight is 424 g/mol. The average Bonchev–Trinajstić information content (AvgIpc) is 2.76. The molecule has 166 valence electrons. The summed E-state index contributed by atoms with van der Waals surface area (Å²) in [7, 11) is 0. The normalized spacial score (nSPS) is 24.0. The van der Waals surface area contributed by atoms with Crippen LogP contribution in [0, 0.1) is 0 Å². The summed E-state index contributed by atoms with van der Waals surface area (Å²) in [6, 6.07) is 9.03. The molecule has 31 heavy (non-hydrogen) atoms. The van der Waals surface area contributed by atoms with Crippen LogP contribution >= 0.6 is 0 Å². The third-order valence-corrected chi connectivity index (χ3v) is 6.51. The van der Waals surface area contributed by atoms with Crippen molar-refractivity contribution in [3.63, 3.8) is 0 Å². The van der Waals surface area contributed by atoms with Crippen molar-refractivity contribution in [3.8, 4) is 5.75 Å². The van der Waals surface area contributed by atoms with E-state index in [1.165, 1.54) is 25.5 Å². The van der Waals surface area contributed by atoms with Crippen LogP contribution in [-0.2, 0) is 4.79 Å². The van der Waals surface area contributed by atoms with E-state index in [4.69, 9.17) is 10.5 Å². The molecule has 0 radical (unpaired) electrons. The molecule has 0 aliphatic carbocycles. The largest absolute Gasteiger partial charge is 0.472 e. The Morgan fingerprint density at radius 1 is 1.06 bits per heavy atom. The molecule has 0 bridgehead atoms. The molecular weight excluding hydrogens is 390 g/mol. The van der Waals surface area contributed by atoms with Gasteiger partial charge in [-0.3, -0.25) is 14.7 Å². The Bertz CT molecular complexity index is 895. The lowest BCUT2D eigenvalue weighted by atomic mass is 9.97. The Hall–Kier alpha value is -2.67. The second-order valence-electron chi connectivity index (χ2n) is 8.75. The first-order valence-corrected chi connectivity index (χ1v) is 11.4. The fourth-order valence-corrected chi connectivity index (χ4v) is 4.81. The highest BCUT2D eigenvalue weighted by Gasteiger charge is 2.36. The molecule has 3 heterocycles. The fourth-order valence-electron chi connectivity index (χ4n) is 4.81. The summed E-state index contributed by atoms with van der Waals surface area (Å²) in [6.07, 6.45) is 9.33. The van der Waals surface area contributed by atoms with Crippen molar-refractivity contribution >= 4 is 17.4 Å². The Balaban J connectivity index is 1.39. The third-order valence-electron chi connectivity index (χ3n) is 6.51. The van der Waals surface area contributed by atoms with E-state index in [1.807, 2.05) is 29.2 Å². The van der Waals surface area contributed by atoms with Crippen LogP contribution in [0.3, 0.4) is 0 Å². The summed E-state index contributed by atoms with van der Waals surface area (Å²) in [5.41, 5.74) is 7.04. The highest BCUT2D eigenvalue weighted by molar-refractivity contribution is 6.00. The first-order valence-electron chi connectivity index (χ1n) is 11.4. The van der Waals surface area contributed by atoms with Crippen molar-refractivity contribution in [2.45, 2.75) is 70.6 Å². The molecule has 1 aromatic heterocycles. The number of anilines is 2. The van der Waals surface area contributed by atoms with Crippen LogP contribution in [0.2, 0.25) is 0 Å². The number of fused-ring (bicyclic) bond motifs is 1. The topological polar surface area (TPSA) is 84.6 Å². The van der Waals surface area contributed by atoms with Gasteiger partial charge in [0.15, 0.2) is 0 Å². The van der Waals surface area contributed by atoms with Gasteiger partial charge in [0.05, 0.1) is 18.1 Å². The van der Waals surface area contributed by atoms with Crippen molar-refractivity contribution in [1.29, 1.82) is 0 Å². The molecule has 1 fully saturated rings. The van der Waals surface area contributed by atoms with E-state index in [-0.39, 0.29) is 11.7 Å². The summed E-state index contributed by atoms with van der Waals surface area (Å²) in [6.45, 7) is 6.49. The lowest BCUT2D eigenvalue weighted by molar-refractivity contribution is -0.126. The Labute approximate surface area is 184 Å². The number of aromatic nitrogens is 2. The van der Waals surface area contributed by atoms with Crippen molar-refractivity contribution in [3.05, 3.63) is 42.4 Å². The maximum absolute atomic E-state index is 13.3. The van der Waals surface area contributed by atoms with Gasteiger partial charge in [-0.1, -0.05) is 25.0 Å². The Morgan fingerprint density at radius 2 is 1.81 bits per heavy atom. The molecule has 2 aliphatic heterocycles. The first-order chi connectivity index (χ1) is 15.0. The van der Waals surface area contributed by atoms with Gasteiger partial charge in [-0.25, -0.2) is 4.98 Å². The van der Waals surface area contributed by atoms with E-state index in [1.54, 1.807) is 6.20 Å². The van der Waals surface area contributed by atoms with Gasteiger partial charge < -0.3 is 15.4 Å². The van der Waals surface area contributed by atoms with Crippen LogP contribution < -0.4 is 15.4 Å². The maximum atomic E-state index is 13.3. The van der Waals surface area contributed by atoms with Gasteiger partial charge in [0.1, 0.15) is 17.3 Å². The summed E-state index contributed by atoms with van der Waals surface area (Å²) in [5, 5.41) is 0. The number of benzene rings is 1. The van der Waals surface area contributed by atoms with Crippen LogP contribution in [0.25, 0.3) is 0 Å². The minimum atomic E-state index is -0.819. The number of nitrogen functional groups attached to an aromatic ring is 1. The summed E-state index contributed by atoms with van der Waals surface area (Å²) in [4.78, 5) is 26.1. The van der Waals surface area contributed by atoms with Gasteiger partial charge in [0.2, 0.25) is 6.10 Å². The molecular formula is C24H33N5O2. The minimum absolute atomic E-state index is 0.114. The van der Waals surface area contributed by atoms with E-state index in [0.717, 1.165) is 31.5 Å². The van der Waals surface area contributed by atoms with Crippen LogP contribution in [0.4, 0.5) is 11.5 Å². The fraction of sp³-hybridized carbons (Fsp3) is 0.542. The molecule has 7 nitrogen and oxygen atoms in total. The number of rotatable bonds is 7. The number of likely N-dealkylation sites (tertiary alicyclic amines) is 1. The standard InChI is InChI=1S/C24H33N5O2/c1-17-9-8-10-18(2)28(17)13-6-3-7-14-29-20-11-4-5-12-21(20)31-23(24(29)30)19-15-26-16-22(25)27-19/h4-5,11-12,15-18,23H,3,6-10,13-14H2,1-2H3,(H2,25,27)/t17-,18+,23?. The van der Waals surface area contributed by atoms with Crippen LogP contribution in [-0.4, -0.2) is 45.9 Å². The maximum Gasteiger partial charge on any atom is 0.274 e. The molecule has 2 N–H and O–H groups in total. The SMILES string of the molecule is C[C@@H]1CCC[C@H](C)N1CCCCCN1C(=O)C(c2cncc(N)n2)Oc2ccccc21. The molecule has 1 saturated heterocycles. The number of para-hydroxylation sites is 2. The number of hydrogen-bond donors (Lipinski definition) is 1. The molecule has 2 aliphatic rings. The number of carbonyl (C=O) groups excluding carboxylic acids is 1. The Morgan fingerprint density at radius 3 is 2.58 bits per heavy atom. The predicted octanol–water partition coefficient (Wildman–Crippen LogP) is 3.96. The van der Waals surface area contributed by atoms with Crippen LogP contribution in [0.5, 0.6) is 5.75 Å². The summed E-state index contributed by atoms with van der Waals surface area (Å²) in [5.74, 6) is 0.852. The summed E-state index contributed by atoms with van der Waals surface area (Å²) >= 11 is 0. The minimum Gasteiger partial charge on any atom is -0.472 e. The number of carbonyl (C=O) groups is 1. The van der Waals surface area contributed by atoms with E-state index in [2.05, 4.69) is 28.7 Å². The van der Waals surface area contributed by atoms with Gasteiger partial charge in [0.25, 0.3) is 5.91 Å². The highest BCUT2D eigenvalue weighted by atomic mass is 16.5. The molecule has 0 saturated carbocycles. The van der Waals surface area contributed by atoms with Gasteiger partial charge in [-0.15, -0.1) is 0 Å². The second kappa shape index (κ2) is 9.64. The molecule has 7 heteroatoms. The molecule has 4 rings (SSSR count). The number of nitrogens with two attached hydrogens (primary N) is 1. The van der Waals surface area contributed by atoms with Crippen LogP contribution in [0.15, 0.2) is 36.7 Å². The number of ether oxygens (including phenoxy) is 1. The third kappa shape index (κ3) is 4.82. The van der Waals surface area contributed by atoms with Crippen molar-refractivity contribution in [2.24, 2.45) is 0 Å². The van der Waals surface area contributed by atoms with E-state index >= 15 is 0 Å². The lowest BCUT2D eigenvalue weighted by Crippen LogP contribution is -2.44. The van der Waals surface area contributed by atoms with Gasteiger partial charge >= 0.3 is 0 Å². The second-order valence-corrected chi connectivity index (χ2v) is 8.75. The van der Waals surface area contributed by atoms with E-state index in [9.17, 15) is 4.79 Å². The molecule has 1 aromatic carbocycles. The van der Waals surface area contributed by atoms with E-state index in [0.29, 0.717) is 30.1 Å². The predicted molar refractivity (Wildman–Crippen MR) is 122 cm³/mol. The van der Waals surface area contributed by atoms with Crippen molar-refractivity contribution in [1.82, 2.24) is 14.9 Å². The number of unbranched alkanes of at least 4 members (excludes halogenated alkanes) is 2. The zero-order valence-electron chi connectivity index (χ0n) is 18.5. The van der Waals surface area contributed by atoms with Gasteiger partial charge in [-0.2, -0.15) is 0 Å². The van der Waals surface area contributed by atoms with Crippen molar-refractivity contribution < 1.29 is 9.53 Å². The number of piperidine rings is 1. The molecule has 1 unspecified atom stereocenters. The Kier molecular flexibility index (Phi) is 6.70. The summed E-state index contributed by atoms with van der Waals surface area (Å²) < 4.78 is 5.99. The first kappa shape index (κ1) is 21.6. The number of amides is 1. The highest BCUT2D eigenvalue weighted by Crippen LogP contribution is 2.38. The monoisotopic (exact) mass is 423 g/mol. The smallest absolute Gasteiger partial charge is 0.274 e. The lowest BCUT2D eigenvalue weighted by Gasteiger charge is -2.39. The zero-order chi connectivity index (χ0) is 21.8. The number of nitrogens with zero attached hydrogens (tertiary/aromatic N) is 4. The quantitative estimate of drug-likeness (QED) is 0.679. The number of hydrogen-bond acceptors (Lipinski definition) is 6. The zero-order valence-corrected chi connectivity index (χ0v) is 18.5. The molecule has 0 spiro atoms. The van der Waals surface area contributed by atoms with E-state index < -0.39 is 6.10 Å². The molecule has 1 amide bonds. The van der Waals surface area contributed by atoms with Crippen LogP contribution in [0.1, 0.15) is 64.2 Å². The molecule has 3 atom stereocenters. The van der Waals surface area contributed by atoms with Gasteiger partial charge in [-0.05, 0) is 58.2 Å². The van der Waals surface area contributed by atoms with Gasteiger partial charge in [0, 0.05) is 18.6 Å². The molecule has 2 aromatic rings. The van der Waals surface area contributed by atoms with Crippen molar-refractivity contribution in [2.75, 3.05) is 23.7 Å².